The average molecular weight is 127 g/mol. The Morgan fingerprint density at radius 2 is 1.89 bits per heavy atom. The molecule has 0 aliphatic carbocycles. The van der Waals surface area contributed by atoms with Crippen LogP contribution >= 0.6 is 0 Å². The highest BCUT2D eigenvalue weighted by Gasteiger charge is 2.39. The second kappa shape index (κ2) is 1.72. The van der Waals surface area contributed by atoms with Crippen molar-refractivity contribution in [2.75, 3.05) is 6.54 Å². The largest absolute Gasteiger partial charge is 0.308 e. The van der Waals surface area contributed by atoms with E-state index in [-0.39, 0.29) is 0 Å². The lowest BCUT2D eigenvalue weighted by Gasteiger charge is -2.21. The molecule has 0 aromatic rings. The normalized spacial score (nSPS) is 34.7. The molecular formula is C8H17N. The van der Waals surface area contributed by atoms with Crippen LogP contribution in [0.4, 0.5) is 0 Å². The maximum atomic E-state index is 3.37. The number of hydrogen-bond acceptors (Lipinski definition) is 1. The fourth-order valence-electron chi connectivity index (χ4n) is 1.45. The van der Waals surface area contributed by atoms with Crippen molar-refractivity contribution in [3.05, 3.63) is 0 Å². The van der Waals surface area contributed by atoms with Crippen molar-refractivity contribution in [3.63, 3.8) is 0 Å². The third kappa shape index (κ3) is 2.35. The fourth-order valence-corrected chi connectivity index (χ4v) is 1.45. The summed E-state index contributed by atoms with van der Waals surface area (Å²) >= 11 is 0. The van der Waals surface area contributed by atoms with E-state index >= 15 is 0 Å². The quantitative estimate of drug-likeness (QED) is 0.533. The summed E-state index contributed by atoms with van der Waals surface area (Å²) in [6, 6.07) is 0. The Balaban J connectivity index is 2.33. The first-order valence-electron chi connectivity index (χ1n) is 3.66. The van der Waals surface area contributed by atoms with Crippen molar-refractivity contribution in [1.29, 1.82) is 0 Å². The van der Waals surface area contributed by atoms with Gasteiger partial charge in [0.2, 0.25) is 0 Å². The van der Waals surface area contributed by atoms with Crippen LogP contribution in [0, 0.1) is 5.41 Å². The lowest BCUT2D eigenvalue weighted by atomic mass is 9.85. The zero-order valence-corrected chi connectivity index (χ0v) is 6.91. The molecule has 1 saturated heterocycles. The highest BCUT2D eigenvalue weighted by Crippen LogP contribution is 2.32. The standard InChI is InChI=1S/C8H17N/c1-7(2,3)5-8(4)6-9-8/h9H,5-6H2,1-4H3. The summed E-state index contributed by atoms with van der Waals surface area (Å²) in [5, 5.41) is 3.37. The molecule has 1 nitrogen and oxygen atoms in total. The molecule has 54 valence electrons. The van der Waals surface area contributed by atoms with Crippen molar-refractivity contribution in [2.45, 2.75) is 39.7 Å². The molecule has 0 aromatic heterocycles. The monoisotopic (exact) mass is 127 g/mol. The van der Waals surface area contributed by atoms with Gasteiger partial charge in [0, 0.05) is 12.1 Å². The van der Waals surface area contributed by atoms with Gasteiger partial charge in [0.15, 0.2) is 0 Å². The lowest BCUT2D eigenvalue weighted by Crippen LogP contribution is -2.19. The molecule has 0 aromatic carbocycles. The van der Waals surface area contributed by atoms with E-state index in [4.69, 9.17) is 0 Å². The molecule has 1 rings (SSSR count). The minimum absolute atomic E-state index is 0.484. The van der Waals surface area contributed by atoms with E-state index in [1.165, 1.54) is 13.0 Å². The lowest BCUT2D eigenvalue weighted by molar-refractivity contribution is 0.334. The van der Waals surface area contributed by atoms with Gasteiger partial charge in [0.25, 0.3) is 0 Å². The van der Waals surface area contributed by atoms with E-state index in [1.54, 1.807) is 0 Å². The zero-order chi connectivity index (χ0) is 7.12. The van der Waals surface area contributed by atoms with Crippen molar-refractivity contribution >= 4 is 0 Å². The Hall–Kier alpha value is -0.0400. The van der Waals surface area contributed by atoms with E-state index in [9.17, 15) is 0 Å². The van der Waals surface area contributed by atoms with Gasteiger partial charge in [-0.05, 0) is 18.8 Å². The molecule has 0 amide bonds. The fraction of sp³-hybridized carbons (Fsp3) is 1.00. The van der Waals surface area contributed by atoms with Crippen LogP contribution in [-0.4, -0.2) is 12.1 Å². The van der Waals surface area contributed by atoms with Crippen LogP contribution in [0.25, 0.3) is 0 Å². The summed E-state index contributed by atoms with van der Waals surface area (Å²) in [5.41, 5.74) is 0.969. The Morgan fingerprint density at radius 1 is 1.44 bits per heavy atom. The Morgan fingerprint density at radius 3 is 2.00 bits per heavy atom. The molecule has 1 atom stereocenters. The Kier molecular flexibility index (Phi) is 1.35. The first kappa shape index (κ1) is 7.07. The van der Waals surface area contributed by atoms with Gasteiger partial charge in [-0.2, -0.15) is 0 Å². The van der Waals surface area contributed by atoms with Gasteiger partial charge < -0.3 is 5.32 Å². The van der Waals surface area contributed by atoms with Crippen LogP contribution < -0.4 is 5.32 Å². The van der Waals surface area contributed by atoms with E-state index in [0.717, 1.165) is 0 Å². The van der Waals surface area contributed by atoms with Gasteiger partial charge in [0.1, 0.15) is 0 Å². The SMILES string of the molecule is CC(C)(C)CC1(C)CN1. The highest BCUT2D eigenvalue weighted by molar-refractivity contribution is 5.01. The van der Waals surface area contributed by atoms with Crippen molar-refractivity contribution in [1.82, 2.24) is 5.32 Å². The molecule has 9 heavy (non-hydrogen) atoms. The Bertz CT molecular complexity index is 103. The van der Waals surface area contributed by atoms with Gasteiger partial charge in [0.05, 0.1) is 0 Å². The smallest absolute Gasteiger partial charge is 0.0283 e. The summed E-state index contributed by atoms with van der Waals surface area (Å²) in [6.07, 6.45) is 1.29. The van der Waals surface area contributed by atoms with Crippen LogP contribution in [-0.2, 0) is 0 Å². The van der Waals surface area contributed by atoms with Crippen LogP contribution in [0.5, 0.6) is 0 Å². The van der Waals surface area contributed by atoms with Gasteiger partial charge in [-0.25, -0.2) is 0 Å². The maximum Gasteiger partial charge on any atom is 0.0283 e. The van der Waals surface area contributed by atoms with Crippen LogP contribution in [0.2, 0.25) is 0 Å². The molecule has 1 fully saturated rings. The molecule has 1 heterocycles. The second-order valence-corrected chi connectivity index (χ2v) is 4.65. The van der Waals surface area contributed by atoms with E-state index < -0.39 is 0 Å². The molecule has 0 saturated carbocycles. The zero-order valence-electron chi connectivity index (χ0n) is 6.91. The summed E-state index contributed by atoms with van der Waals surface area (Å²) in [4.78, 5) is 0. The molecule has 1 aliphatic rings. The second-order valence-electron chi connectivity index (χ2n) is 4.65. The van der Waals surface area contributed by atoms with E-state index in [2.05, 4.69) is 33.0 Å². The van der Waals surface area contributed by atoms with Crippen LogP contribution in [0.15, 0.2) is 0 Å². The molecule has 0 spiro atoms. The van der Waals surface area contributed by atoms with Gasteiger partial charge in [-0.1, -0.05) is 20.8 Å². The van der Waals surface area contributed by atoms with Gasteiger partial charge in [-0.15, -0.1) is 0 Å². The molecule has 0 radical (unpaired) electrons. The predicted octanol–water partition coefficient (Wildman–Crippen LogP) is 1.78. The molecular weight excluding hydrogens is 110 g/mol. The first-order chi connectivity index (χ1) is 3.91. The van der Waals surface area contributed by atoms with Crippen molar-refractivity contribution < 1.29 is 0 Å². The topological polar surface area (TPSA) is 21.9 Å². The maximum absolute atomic E-state index is 3.37. The highest BCUT2D eigenvalue weighted by atomic mass is 15.1. The third-order valence-electron chi connectivity index (χ3n) is 1.70. The number of hydrogen-bond donors (Lipinski definition) is 1. The van der Waals surface area contributed by atoms with Gasteiger partial charge >= 0.3 is 0 Å². The summed E-state index contributed by atoms with van der Waals surface area (Å²) in [5.74, 6) is 0. The van der Waals surface area contributed by atoms with Crippen molar-refractivity contribution in [3.8, 4) is 0 Å². The molecule has 1 heteroatoms. The summed E-state index contributed by atoms with van der Waals surface area (Å²) < 4.78 is 0. The Labute approximate surface area is 57.8 Å². The molecule has 1 aliphatic heterocycles. The molecule has 1 N–H and O–H groups in total. The molecule has 1 unspecified atom stereocenters. The summed E-state index contributed by atoms with van der Waals surface area (Å²) in [7, 11) is 0. The number of rotatable bonds is 1. The minimum atomic E-state index is 0.484. The van der Waals surface area contributed by atoms with Crippen LogP contribution in [0.1, 0.15) is 34.1 Å². The van der Waals surface area contributed by atoms with Gasteiger partial charge in [-0.3, -0.25) is 0 Å². The first-order valence-corrected chi connectivity index (χ1v) is 3.66. The predicted molar refractivity (Wildman–Crippen MR) is 40.5 cm³/mol. The van der Waals surface area contributed by atoms with E-state index in [0.29, 0.717) is 11.0 Å². The van der Waals surface area contributed by atoms with Crippen LogP contribution in [0.3, 0.4) is 0 Å². The summed E-state index contributed by atoms with van der Waals surface area (Å²) in [6.45, 7) is 10.4. The van der Waals surface area contributed by atoms with E-state index in [1.807, 2.05) is 0 Å². The number of nitrogens with one attached hydrogen (secondary N) is 1. The minimum Gasteiger partial charge on any atom is -0.308 e. The average Bonchev–Trinajstić information content (AvgIpc) is 2.12. The van der Waals surface area contributed by atoms with Crippen molar-refractivity contribution in [2.24, 2.45) is 5.41 Å². The third-order valence-corrected chi connectivity index (χ3v) is 1.70. The molecule has 0 bridgehead atoms.